The van der Waals surface area contributed by atoms with E-state index in [4.69, 9.17) is 10.8 Å². The summed E-state index contributed by atoms with van der Waals surface area (Å²) in [6, 6.07) is 0. The van der Waals surface area contributed by atoms with Crippen LogP contribution in [0.1, 0.15) is 18.5 Å². The predicted octanol–water partition coefficient (Wildman–Crippen LogP) is -0.359. The number of hydrogen-bond donors (Lipinski definition) is 2. The van der Waals surface area contributed by atoms with E-state index in [9.17, 15) is 4.79 Å². The first-order valence-electron chi connectivity index (χ1n) is 4.12. The molecule has 1 aromatic rings. The molecule has 1 heterocycles. The van der Waals surface area contributed by atoms with Crippen LogP contribution in [0, 0.1) is 0 Å². The van der Waals surface area contributed by atoms with Gasteiger partial charge in [0.2, 0.25) is 5.91 Å². The molecule has 0 saturated heterocycles. The van der Waals surface area contributed by atoms with Gasteiger partial charge in [-0.1, -0.05) is 0 Å². The molecular formula is C8H13N3O2. The average Bonchev–Trinajstić information content (AvgIpc) is 2.51. The highest BCUT2D eigenvalue weighted by molar-refractivity contribution is 5.73. The van der Waals surface area contributed by atoms with Gasteiger partial charge in [0.15, 0.2) is 0 Å². The monoisotopic (exact) mass is 183 g/mol. The molecule has 1 amide bonds. The fraction of sp³-hybridized carbons (Fsp3) is 0.500. The number of aliphatic hydroxyl groups excluding tert-OH is 1. The number of nitrogens with zero attached hydrogens (tertiary/aromatic N) is 2. The number of carbonyl (C=O) groups excluding carboxylic acids is 1. The molecule has 0 aliphatic heterocycles. The van der Waals surface area contributed by atoms with Crippen LogP contribution in [-0.4, -0.2) is 20.6 Å². The smallest absolute Gasteiger partial charge is 0.217 e. The molecular weight excluding hydrogens is 170 g/mol. The number of carbonyl (C=O) groups is 1. The minimum Gasteiger partial charge on any atom is -0.390 e. The van der Waals surface area contributed by atoms with E-state index in [0.29, 0.717) is 19.4 Å². The summed E-state index contributed by atoms with van der Waals surface area (Å²) in [4.78, 5) is 14.3. The molecule has 0 fully saturated rings. The molecule has 0 bridgehead atoms. The number of hydrogen-bond acceptors (Lipinski definition) is 3. The van der Waals surface area contributed by atoms with Crippen LogP contribution in [0.5, 0.6) is 0 Å². The summed E-state index contributed by atoms with van der Waals surface area (Å²) in [5.41, 5.74) is 5.74. The van der Waals surface area contributed by atoms with Crippen molar-refractivity contribution in [3.8, 4) is 0 Å². The zero-order valence-electron chi connectivity index (χ0n) is 7.31. The summed E-state index contributed by atoms with van der Waals surface area (Å²) >= 11 is 0. The number of aryl methyl sites for hydroxylation is 1. The van der Waals surface area contributed by atoms with E-state index in [1.54, 1.807) is 12.5 Å². The molecule has 0 radical (unpaired) electrons. The Bertz CT molecular complexity index is 283. The van der Waals surface area contributed by atoms with E-state index in [2.05, 4.69) is 4.98 Å². The van der Waals surface area contributed by atoms with E-state index in [0.717, 1.165) is 5.69 Å². The van der Waals surface area contributed by atoms with E-state index < -0.39 is 0 Å². The van der Waals surface area contributed by atoms with E-state index in [1.807, 2.05) is 4.57 Å². The molecule has 0 aliphatic carbocycles. The summed E-state index contributed by atoms with van der Waals surface area (Å²) in [6.07, 6.45) is 4.28. The van der Waals surface area contributed by atoms with Crippen molar-refractivity contribution in [1.82, 2.24) is 9.55 Å². The van der Waals surface area contributed by atoms with Crippen molar-refractivity contribution in [2.75, 3.05) is 0 Å². The zero-order chi connectivity index (χ0) is 9.68. The molecule has 0 unspecified atom stereocenters. The SMILES string of the molecule is NC(=O)CCCn1cncc1CO. The Morgan fingerprint density at radius 2 is 2.46 bits per heavy atom. The van der Waals surface area contributed by atoms with Crippen LogP contribution in [0.2, 0.25) is 0 Å². The molecule has 0 spiro atoms. The van der Waals surface area contributed by atoms with Crippen LogP contribution in [0.25, 0.3) is 0 Å². The first-order valence-corrected chi connectivity index (χ1v) is 4.12. The molecule has 3 N–H and O–H groups in total. The van der Waals surface area contributed by atoms with E-state index in [1.165, 1.54) is 0 Å². The van der Waals surface area contributed by atoms with Crippen LogP contribution in [0.4, 0.5) is 0 Å². The maximum atomic E-state index is 10.4. The molecule has 1 rings (SSSR count). The Balaban J connectivity index is 2.40. The van der Waals surface area contributed by atoms with Gasteiger partial charge in [-0.3, -0.25) is 4.79 Å². The van der Waals surface area contributed by atoms with E-state index >= 15 is 0 Å². The maximum Gasteiger partial charge on any atom is 0.217 e. The highest BCUT2D eigenvalue weighted by Gasteiger charge is 2.00. The summed E-state index contributed by atoms with van der Waals surface area (Å²) in [5.74, 6) is -0.300. The lowest BCUT2D eigenvalue weighted by molar-refractivity contribution is -0.118. The van der Waals surface area contributed by atoms with Crippen molar-refractivity contribution in [2.45, 2.75) is 26.0 Å². The van der Waals surface area contributed by atoms with Crippen molar-refractivity contribution in [3.63, 3.8) is 0 Å². The van der Waals surface area contributed by atoms with Gasteiger partial charge in [-0.25, -0.2) is 4.98 Å². The molecule has 0 aromatic carbocycles. The van der Waals surface area contributed by atoms with Crippen molar-refractivity contribution in [3.05, 3.63) is 18.2 Å². The first-order chi connectivity index (χ1) is 6.24. The third-order valence-electron chi connectivity index (χ3n) is 1.78. The van der Waals surface area contributed by atoms with Crippen molar-refractivity contribution in [1.29, 1.82) is 0 Å². The summed E-state index contributed by atoms with van der Waals surface area (Å²) < 4.78 is 1.81. The van der Waals surface area contributed by atoms with Crippen LogP contribution in [-0.2, 0) is 17.9 Å². The second-order valence-electron chi connectivity index (χ2n) is 2.81. The molecule has 1 aromatic heterocycles. The minimum absolute atomic E-state index is 0.0312. The van der Waals surface area contributed by atoms with Gasteiger partial charge in [-0.15, -0.1) is 0 Å². The lowest BCUT2D eigenvalue weighted by atomic mass is 10.3. The van der Waals surface area contributed by atoms with Gasteiger partial charge in [0.25, 0.3) is 0 Å². The molecule has 0 aliphatic rings. The highest BCUT2D eigenvalue weighted by Crippen LogP contribution is 2.01. The summed E-state index contributed by atoms with van der Waals surface area (Å²) in [5, 5.41) is 8.86. The number of aliphatic hydroxyl groups is 1. The third kappa shape index (κ3) is 2.87. The van der Waals surface area contributed by atoms with E-state index in [-0.39, 0.29) is 12.5 Å². The molecule has 13 heavy (non-hydrogen) atoms. The van der Waals surface area contributed by atoms with Crippen LogP contribution < -0.4 is 5.73 Å². The quantitative estimate of drug-likeness (QED) is 0.654. The largest absolute Gasteiger partial charge is 0.390 e. The maximum absolute atomic E-state index is 10.4. The second-order valence-corrected chi connectivity index (χ2v) is 2.81. The standard InChI is InChI=1S/C8H13N3O2/c9-8(13)2-1-3-11-6-10-4-7(11)5-12/h4,6,12H,1-3,5H2,(H2,9,13). The predicted molar refractivity (Wildman–Crippen MR) is 46.6 cm³/mol. The number of nitrogens with two attached hydrogens (primary N) is 1. The lowest BCUT2D eigenvalue weighted by Crippen LogP contribution is -2.11. The number of rotatable bonds is 5. The first kappa shape index (κ1) is 9.73. The summed E-state index contributed by atoms with van der Waals surface area (Å²) in [6.45, 7) is 0.634. The second kappa shape index (κ2) is 4.61. The van der Waals surface area contributed by atoms with Gasteiger partial charge in [-0.05, 0) is 6.42 Å². The van der Waals surface area contributed by atoms with Crippen LogP contribution in [0.3, 0.4) is 0 Å². The minimum atomic E-state index is -0.300. The number of aromatic nitrogens is 2. The van der Waals surface area contributed by atoms with Crippen LogP contribution in [0.15, 0.2) is 12.5 Å². The lowest BCUT2D eigenvalue weighted by Gasteiger charge is -2.04. The van der Waals surface area contributed by atoms with Gasteiger partial charge in [0.1, 0.15) is 0 Å². The van der Waals surface area contributed by atoms with Crippen molar-refractivity contribution < 1.29 is 9.90 Å². The Morgan fingerprint density at radius 1 is 1.69 bits per heavy atom. The highest BCUT2D eigenvalue weighted by atomic mass is 16.3. The normalized spacial score (nSPS) is 10.2. The molecule has 5 nitrogen and oxygen atoms in total. The Hall–Kier alpha value is -1.36. The molecule has 0 saturated carbocycles. The van der Waals surface area contributed by atoms with Crippen molar-refractivity contribution >= 4 is 5.91 Å². The number of imidazole rings is 1. The molecule has 0 atom stereocenters. The van der Waals surface area contributed by atoms with Crippen LogP contribution >= 0.6 is 0 Å². The summed E-state index contributed by atoms with van der Waals surface area (Å²) in [7, 11) is 0. The Morgan fingerprint density at radius 3 is 3.08 bits per heavy atom. The zero-order valence-corrected chi connectivity index (χ0v) is 7.31. The topological polar surface area (TPSA) is 81.1 Å². The van der Waals surface area contributed by atoms with Gasteiger partial charge in [-0.2, -0.15) is 0 Å². The fourth-order valence-electron chi connectivity index (χ4n) is 1.10. The Kier molecular flexibility index (Phi) is 3.45. The van der Waals surface area contributed by atoms with Crippen molar-refractivity contribution in [2.24, 2.45) is 5.73 Å². The van der Waals surface area contributed by atoms with Gasteiger partial charge in [0, 0.05) is 13.0 Å². The molecule has 72 valence electrons. The van der Waals surface area contributed by atoms with Gasteiger partial charge < -0.3 is 15.4 Å². The fourth-order valence-corrected chi connectivity index (χ4v) is 1.10. The molecule has 5 heteroatoms. The average molecular weight is 183 g/mol. The number of primary amides is 1. The Labute approximate surface area is 76.2 Å². The van der Waals surface area contributed by atoms with Gasteiger partial charge in [0.05, 0.1) is 24.8 Å². The third-order valence-corrected chi connectivity index (χ3v) is 1.78. The number of amides is 1. The van der Waals surface area contributed by atoms with Gasteiger partial charge >= 0.3 is 0 Å².